The van der Waals surface area contributed by atoms with E-state index in [1.54, 1.807) is 11.0 Å². The largest absolute Gasteiger partial charge is 0.443 e. The molecule has 4 heteroatoms. The predicted octanol–water partition coefficient (Wildman–Crippen LogP) is 4.80. The standard InChI is InChI=1S/C20H27NO3/c1-5-6-12-16-14-18(22)17(13-15-10-8-7-9-11-15)21(16)19(23)24-20(2,3)4/h7-11,13,16H,5-6,12,14H2,1-4H3/b17-13+/t16-/m0/s1. The van der Waals surface area contributed by atoms with E-state index in [1.165, 1.54) is 0 Å². The van der Waals surface area contributed by atoms with E-state index in [-0.39, 0.29) is 11.8 Å². The molecule has 0 N–H and O–H groups in total. The second-order valence-corrected chi connectivity index (χ2v) is 7.21. The van der Waals surface area contributed by atoms with Crippen LogP contribution in [0.2, 0.25) is 0 Å². The number of carbonyl (C=O) groups excluding carboxylic acids is 2. The molecule has 1 fully saturated rings. The monoisotopic (exact) mass is 329 g/mol. The van der Waals surface area contributed by atoms with Gasteiger partial charge in [0.05, 0.1) is 5.70 Å². The van der Waals surface area contributed by atoms with Gasteiger partial charge in [-0.2, -0.15) is 0 Å². The topological polar surface area (TPSA) is 46.6 Å². The lowest BCUT2D eigenvalue weighted by molar-refractivity contribution is -0.114. The average Bonchev–Trinajstić information content (AvgIpc) is 2.80. The third-order valence-corrected chi connectivity index (χ3v) is 3.92. The zero-order valence-electron chi connectivity index (χ0n) is 15.0. The first-order chi connectivity index (χ1) is 11.3. The Morgan fingerprint density at radius 1 is 1.29 bits per heavy atom. The first kappa shape index (κ1) is 18.2. The molecule has 0 bridgehead atoms. The second-order valence-electron chi connectivity index (χ2n) is 7.21. The molecule has 24 heavy (non-hydrogen) atoms. The van der Waals surface area contributed by atoms with Gasteiger partial charge in [-0.15, -0.1) is 0 Å². The van der Waals surface area contributed by atoms with Crippen molar-refractivity contribution in [3.8, 4) is 0 Å². The Labute approximate surface area is 144 Å². The van der Waals surface area contributed by atoms with E-state index in [9.17, 15) is 9.59 Å². The van der Waals surface area contributed by atoms with Gasteiger partial charge in [0, 0.05) is 12.5 Å². The van der Waals surface area contributed by atoms with Crippen LogP contribution in [0, 0.1) is 0 Å². The molecule has 1 amide bonds. The lowest BCUT2D eigenvalue weighted by Gasteiger charge is -2.28. The molecule has 0 aliphatic carbocycles. The van der Waals surface area contributed by atoms with Crippen molar-refractivity contribution in [2.75, 3.05) is 0 Å². The van der Waals surface area contributed by atoms with Gasteiger partial charge in [-0.3, -0.25) is 9.69 Å². The number of amides is 1. The number of carbonyl (C=O) groups is 2. The van der Waals surface area contributed by atoms with Gasteiger partial charge in [0.2, 0.25) is 0 Å². The van der Waals surface area contributed by atoms with Gasteiger partial charge in [-0.25, -0.2) is 4.79 Å². The van der Waals surface area contributed by atoms with Crippen LogP contribution >= 0.6 is 0 Å². The van der Waals surface area contributed by atoms with Crippen molar-refractivity contribution < 1.29 is 14.3 Å². The van der Waals surface area contributed by atoms with Crippen LogP contribution in [0.1, 0.15) is 58.9 Å². The average molecular weight is 329 g/mol. The fourth-order valence-electron chi connectivity index (χ4n) is 2.83. The van der Waals surface area contributed by atoms with Gasteiger partial charge < -0.3 is 4.74 Å². The molecule has 2 rings (SSSR count). The Morgan fingerprint density at radius 3 is 2.54 bits per heavy atom. The van der Waals surface area contributed by atoms with Gasteiger partial charge in [-0.1, -0.05) is 50.1 Å². The number of ether oxygens (including phenoxy) is 1. The molecule has 0 aromatic heterocycles. The van der Waals surface area contributed by atoms with E-state index in [1.807, 2.05) is 51.1 Å². The predicted molar refractivity (Wildman–Crippen MR) is 95.4 cm³/mol. The number of hydrogen-bond donors (Lipinski definition) is 0. The van der Waals surface area contributed by atoms with Crippen LogP contribution in [0.4, 0.5) is 4.79 Å². The second kappa shape index (κ2) is 7.65. The SMILES string of the molecule is CCCC[C@H]1CC(=O)/C(=C\c2ccccc2)N1C(=O)OC(C)(C)C. The lowest BCUT2D eigenvalue weighted by atomic mass is 10.1. The fraction of sp³-hybridized carbons (Fsp3) is 0.500. The van der Waals surface area contributed by atoms with Crippen molar-refractivity contribution in [2.45, 2.75) is 65.0 Å². The van der Waals surface area contributed by atoms with Crippen LogP contribution in [-0.2, 0) is 9.53 Å². The minimum absolute atomic E-state index is 0.00538. The molecule has 1 aromatic carbocycles. The Hall–Kier alpha value is -2.10. The molecule has 0 spiro atoms. The van der Waals surface area contributed by atoms with E-state index < -0.39 is 11.7 Å². The number of Topliss-reactive ketones (excluding diaryl/α,β-unsaturated/α-hetero) is 1. The van der Waals surface area contributed by atoms with E-state index in [0.717, 1.165) is 24.8 Å². The summed E-state index contributed by atoms with van der Waals surface area (Å²) in [5.41, 5.74) is 0.762. The Kier molecular flexibility index (Phi) is 5.81. The minimum Gasteiger partial charge on any atom is -0.443 e. The summed E-state index contributed by atoms with van der Waals surface area (Å²) in [4.78, 5) is 26.8. The summed E-state index contributed by atoms with van der Waals surface area (Å²) in [6, 6.07) is 9.49. The smallest absolute Gasteiger partial charge is 0.415 e. The minimum atomic E-state index is -0.587. The number of benzene rings is 1. The molecular weight excluding hydrogens is 302 g/mol. The number of hydrogen-bond acceptors (Lipinski definition) is 3. The number of nitrogens with zero attached hydrogens (tertiary/aromatic N) is 1. The number of ketones is 1. The van der Waals surface area contributed by atoms with Crippen molar-refractivity contribution >= 4 is 18.0 Å². The molecule has 1 aromatic rings. The van der Waals surface area contributed by atoms with Crippen LogP contribution in [0.15, 0.2) is 36.0 Å². The van der Waals surface area contributed by atoms with Crippen molar-refractivity contribution in [1.82, 2.24) is 4.90 Å². The molecule has 0 radical (unpaired) electrons. The highest BCUT2D eigenvalue weighted by Gasteiger charge is 2.40. The fourth-order valence-corrected chi connectivity index (χ4v) is 2.83. The maximum Gasteiger partial charge on any atom is 0.415 e. The van der Waals surface area contributed by atoms with Crippen LogP contribution in [0.25, 0.3) is 6.08 Å². The first-order valence-corrected chi connectivity index (χ1v) is 8.64. The molecule has 0 saturated carbocycles. The first-order valence-electron chi connectivity index (χ1n) is 8.64. The summed E-state index contributed by atoms with van der Waals surface area (Å²) >= 11 is 0. The molecule has 1 heterocycles. The molecule has 1 atom stereocenters. The summed E-state index contributed by atoms with van der Waals surface area (Å²) in [6.45, 7) is 7.62. The quantitative estimate of drug-likeness (QED) is 0.746. The normalized spacial score (nSPS) is 19.8. The summed E-state index contributed by atoms with van der Waals surface area (Å²) in [5, 5.41) is 0. The van der Waals surface area contributed by atoms with Crippen LogP contribution in [-0.4, -0.2) is 28.4 Å². The van der Waals surface area contributed by atoms with E-state index in [4.69, 9.17) is 4.74 Å². The number of allylic oxidation sites excluding steroid dienone is 1. The van der Waals surface area contributed by atoms with E-state index >= 15 is 0 Å². The van der Waals surface area contributed by atoms with Crippen molar-refractivity contribution in [1.29, 1.82) is 0 Å². The Balaban J connectivity index is 2.33. The molecule has 1 saturated heterocycles. The zero-order chi connectivity index (χ0) is 17.7. The highest BCUT2D eigenvalue weighted by Crippen LogP contribution is 2.31. The summed E-state index contributed by atoms with van der Waals surface area (Å²) in [6.07, 6.45) is 4.56. The van der Waals surface area contributed by atoms with Gasteiger partial charge in [0.15, 0.2) is 5.78 Å². The molecule has 1 aliphatic heterocycles. The van der Waals surface area contributed by atoms with Gasteiger partial charge in [0.25, 0.3) is 0 Å². The Morgan fingerprint density at radius 2 is 1.96 bits per heavy atom. The van der Waals surface area contributed by atoms with Crippen molar-refractivity contribution in [3.63, 3.8) is 0 Å². The maximum atomic E-state index is 12.7. The summed E-state index contributed by atoms with van der Waals surface area (Å²) < 4.78 is 5.54. The molecule has 1 aliphatic rings. The summed E-state index contributed by atoms with van der Waals surface area (Å²) in [7, 11) is 0. The van der Waals surface area contributed by atoms with Crippen molar-refractivity contribution in [3.05, 3.63) is 41.6 Å². The van der Waals surface area contributed by atoms with Crippen LogP contribution in [0.5, 0.6) is 0 Å². The van der Waals surface area contributed by atoms with Crippen LogP contribution in [0.3, 0.4) is 0 Å². The molecule has 0 unspecified atom stereocenters. The van der Waals surface area contributed by atoms with E-state index in [2.05, 4.69) is 6.92 Å². The molecular formula is C20H27NO3. The third kappa shape index (κ3) is 4.70. The molecule has 130 valence electrons. The zero-order valence-corrected chi connectivity index (χ0v) is 15.0. The number of rotatable bonds is 4. The highest BCUT2D eigenvalue weighted by molar-refractivity contribution is 6.05. The van der Waals surface area contributed by atoms with Gasteiger partial charge in [0.1, 0.15) is 5.60 Å². The maximum absolute atomic E-state index is 12.7. The van der Waals surface area contributed by atoms with Gasteiger partial charge in [-0.05, 0) is 38.8 Å². The summed E-state index contributed by atoms with van der Waals surface area (Å²) in [5.74, 6) is 0.00538. The lowest BCUT2D eigenvalue weighted by Crippen LogP contribution is -2.39. The van der Waals surface area contributed by atoms with Crippen LogP contribution < -0.4 is 0 Å². The third-order valence-electron chi connectivity index (χ3n) is 3.92. The Bertz CT molecular complexity index is 614. The van der Waals surface area contributed by atoms with Gasteiger partial charge >= 0.3 is 6.09 Å². The van der Waals surface area contributed by atoms with E-state index in [0.29, 0.717) is 12.1 Å². The molecule has 4 nitrogen and oxygen atoms in total. The van der Waals surface area contributed by atoms with Crippen molar-refractivity contribution in [2.24, 2.45) is 0 Å². The number of unbranched alkanes of at least 4 members (excludes halogenated alkanes) is 1. The number of likely N-dealkylation sites (tertiary alicyclic amines) is 1. The highest BCUT2D eigenvalue weighted by atomic mass is 16.6.